The topological polar surface area (TPSA) is 44.8 Å². The van der Waals surface area contributed by atoms with E-state index in [-0.39, 0.29) is 11.9 Å². The van der Waals surface area contributed by atoms with Crippen molar-refractivity contribution >= 4 is 5.97 Å². The van der Waals surface area contributed by atoms with Gasteiger partial charge in [0.15, 0.2) is 11.5 Å². The minimum absolute atomic E-state index is 0.149. The fourth-order valence-electron chi connectivity index (χ4n) is 1.29. The summed E-state index contributed by atoms with van der Waals surface area (Å²) in [5.74, 6) is 0.879. The molecule has 0 unspecified atom stereocenters. The highest BCUT2D eigenvalue weighted by molar-refractivity contribution is 5.76. The van der Waals surface area contributed by atoms with Crippen LogP contribution in [0.25, 0.3) is 0 Å². The third kappa shape index (κ3) is 3.12. The van der Waals surface area contributed by atoms with E-state index in [0.29, 0.717) is 17.2 Å². The number of para-hydroxylation sites is 1. The first-order chi connectivity index (χ1) is 8.13. The van der Waals surface area contributed by atoms with Gasteiger partial charge in [0, 0.05) is 0 Å². The number of hydrogen-bond donors (Lipinski definition) is 0. The second-order valence-electron chi connectivity index (χ2n) is 3.72. The van der Waals surface area contributed by atoms with Crippen molar-refractivity contribution in [2.75, 3.05) is 14.2 Å². The zero-order valence-corrected chi connectivity index (χ0v) is 10.6. The van der Waals surface area contributed by atoms with Crippen LogP contribution in [0, 0.1) is 5.92 Å². The number of benzene rings is 1. The summed E-state index contributed by atoms with van der Waals surface area (Å²) in [4.78, 5) is 11.7. The quantitative estimate of drug-likeness (QED) is 0.584. The van der Waals surface area contributed by atoms with Gasteiger partial charge < -0.3 is 14.2 Å². The van der Waals surface area contributed by atoms with Crippen molar-refractivity contribution in [2.45, 2.75) is 20.3 Å². The Labute approximate surface area is 101 Å². The number of carbonyl (C=O) groups excluding carboxylic acids is 1. The summed E-state index contributed by atoms with van der Waals surface area (Å²) >= 11 is 0. The maximum absolute atomic E-state index is 11.7. The van der Waals surface area contributed by atoms with Crippen LogP contribution in [-0.4, -0.2) is 20.2 Å². The van der Waals surface area contributed by atoms with Gasteiger partial charge in [0.25, 0.3) is 0 Å². The summed E-state index contributed by atoms with van der Waals surface area (Å²) in [5.41, 5.74) is 0. The van der Waals surface area contributed by atoms with Gasteiger partial charge in [0.2, 0.25) is 5.75 Å². The molecule has 0 bridgehead atoms. The number of rotatable bonds is 5. The molecule has 0 aliphatic heterocycles. The zero-order valence-electron chi connectivity index (χ0n) is 10.6. The zero-order chi connectivity index (χ0) is 12.8. The largest absolute Gasteiger partial charge is 0.493 e. The van der Waals surface area contributed by atoms with Crippen LogP contribution in [0.5, 0.6) is 17.2 Å². The van der Waals surface area contributed by atoms with Crippen LogP contribution < -0.4 is 14.2 Å². The van der Waals surface area contributed by atoms with E-state index in [1.807, 2.05) is 13.8 Å². The SMILES string of the molecule is CC[C@@H](C)C(=O)Oc1c(OC)cccc1OC. The van der Waals surface area contributed by atoms with Crippen molar-refractivity contribution < 1.29 is 19.0 Å². The fraction of sp³-hybridized carbons (Fsp3) is 0.462. The number of methoxy groups -OCH3 is 2. The standard InChI is InChI=1S/C13H18O4/c1-5-9(2)13(14)17-12-10(15-3)7-6-8-11(12)16-4/h6-9H,5H2,1-4H3/t9-/m1/s1. The minimum Gasteiger partial charge on any atom is -0.493 e. The highest BCUT2D eigenvalue weighted by atomic mass is 16.6. The lowest BCUT2D eigenvalue weighted by Crippen LogP contribution is -2.17. The van der Waals surface area contributed by atoms with Crippen molar-refractivity contribution in [2.24, 2.45) is 5.92 Å². The fourth-order valence-corrected chi connectivity index (χ4v) is 1.29. The Bertz CT molecular complexity index is 365. The van der Waals surface area contributed by atoms with Crippen molar-refractivity contribution in [1.82, 2.24) is 0 Å². The number of ether oxygens (including phenoxy) is 3. The van der Waals surface area contributed by atoms with Crippen molar-refractivity contribution in [3.8, 4) is 17.2 Å². The van der Waals surface area contributed by atoms with E-state index in [2.05, 4.69) is 0 Å². The molecule has 1 rings (SSSR count). The maximum Gasteiger partial charge on any atom is 0.314 e. The van der Waals surface area contributed by atoms with E-state index >= 15 is 0 Å². The molecule has 4 nitrogen and oxygen atoms in total. The molecule has 0 aliphatic rings. The van der Waals surface area contributed by atoms with E-state index in [4.69, 9.17) is 14.2 Å². The molecule has 0 saturated carbocycles. The first-order valence-corrected chi connectivity index (χ1v) is 5.56. The average molecular weight is 238 g/mol. The van der Waals surface area contributed by atoms with E-state index < -0.39 is 0 Å². The third-order valence-corrected chi connectivity index (χ3v) is 2.60. The highest BCUT2D eigenvalue weighted by Gasteiger charge is 2.19. The molecule has 0 amide bonds. The summed E-state index contributed by atoms with van der Waals surface area (Å²) in [6.45, 7) is 3.76. The lowest BCUT2D eigenvalue weighted by atomic mass is 10.1. The van der Waals surface area contributed by atoms with E-state index in [0.717, 1.165) is 6.42 Å². The molecule has 1 aromatic rings. The van der Waals surface area contributed by atoms with Crippen LogP contribution in [0.2, 0.25) is 0 Å². The lowest BCUT2D eigenvalue weighted by molar-refractivity contribution is -0.138. The molecule has 0 spiro atoms. The number of esters is 1. The molecule has 1 aromatic carbocycles. The molecule has 0 radical (unpaired) electrons. The van der Waals surface area contributed by atoms with Gasteiger partial charge in [-0.05, 0) is 18.6 Å². The second-order valence-corrected chi connectivity index (χ2v) is 3.72. The van der Waals surface area contributed by atoms with Gasteiger partial charge in [0.1, 0.15) is 0 Å². The molecule has 0 heterocycles. The van der Waals surface area contributed by atoms with Crippen LogP contribution in [0.15, 0.2) is 18.2 Å². The minimum atomic E-state index is -0.282. The van der Waals surface area contributed by atoms with E-state index in [9.17, 15) is 4.79 Å². The predicted octanol–water partition coefficient (Wildman–Crippen LogP) is 2.66. The van der Waals surface area contributed by atoms with E-state index in [1.165, 1.54) is 14.2 Å². The number of carbonyl (C=O) groups is 1. The molecule has 0 saturated heterocycles. The number of hydrogen-bond acceptors (Lipinski definition) is 4. The van der Waals surface area contributed by atoms with Gasteiger partial charge in [-0.15, -0.1) is 0 Å². The Balaban J connectivity index is 2.99. The summed E-state index contributed by atoms with van der Waals surface area (Å²) in [6, 6.07) is 5.22. The summed E-state index contributed by atoms with van der Waals surface area (Å²) < 4.78 is 15.6. The summed E-state index contributed by atoms with van der Waals surface area (Å²) in [7, 11) is 3.05. The van der Waals surface area contributed by atoms with Gasteiger partial charge in [0.05, 0.1) is 20.1 Å². The van der Waals surface area contributed by atoms with Gasteiger partial charge in [-0.3, -0.25) is 4.79 Å². The molecule has 4 heteroatoms. The van der Waals surface area contributed by atoms with Crippen LogP contribution in [0.1, 0.15) is 20.3 Å². The van der Waals surface area contributed by atoms with E-state index in [1.54, 1.807) is 18.2 Å². The predicted molar refractivity (Wildman–Crippen MR) is 64.6 cm³/mol. The van der Waals surface area contributed by atoms with Crippen LogP contribution in [-0.2, 0) is 4.79 Å². The highest BCUT2D eigenvalue weighted by Crippen LogP contribution is 2.37. The molecule has 0 N–H and O–H groups in total. The Morgan fingerprint density at radius 2 is 1.76 bits per heavy atom. The van der Waals surface area contributed by atoms with Gasteiger partial charge in [-0.25, -0.2) is 0 Å². The normalized spacial score (nSPS) is 11.8. The van der Waals surface area contributed by atoms with Crippen molar-refractivity contribution in [3.05, 3.63) is 18.2 Å². The molecular weight excluding hydrogens is 220 g/mol. The first-order valence-electron chi connectivity index (χ1n) is 5.56. The van der Waals surface area contributed by atoms with Crippen LogP contribution in [0.3, 0.4) is 0 Å². The molecule has 17 heavy (non-hydrogen) atoms. The third-order valence-electron chi connectivity index (χ3n) is 2.60. The smallest absolute Gasteiger partial charge is 0.314 e. The van der Waals surface area contributed by atoms with Crippen molar-refractivity contribution in [1.29, 1.82) is 0 Å². The monoisotopic (exact) mass is 238 g/mol. The van der Waals surface area contributed by atoms with Gasteiger partial charge in [-0.1, -0.05) is 19.9 Å². The maximum atomic E-state index is 11.7. The second kappa shape index (κ2) is 6.13. The van der Waals surface area contributed by atoms with Crippen molar-refractivity contribution in [3.63, 3.8) is 0 Å². The first kappa shape index (κ1) is 13.4. The van der Waals surface area contributed by atoms with Crippen LogP contribution in [0.4, 0.5) is 0 Å². The van der Waals surface area contributed by atoms with Gasteiger partial charge in [-0.2, -0.15) is 0 Å². The van der Waals surface area contributed by atoms with Gasteiger partial charge >= 0.3 is 5.97 Å². The Morgan fingerprint density at radius 1 is 1.24 bits per heavy atom. The summed E-state index contributed by atoms with van der Waals surface area (Å²) in [6.07, 6.45) is 0.732. The lowest BCUT2D eigenvalue weighted by Gasteiger charge is -2.14. The average Bonchev–Trinajstić information content (AvgIpc) is 2.37. The van der Waals surface area contributed by atoms with Crippen LogP contribution >= 0.6 is 0 Å². The molecule has 1 atom stereocenters. The molecule has 0 fully saturated rings. The molecular formula is C13H18O4. The molecule has 0 aliphatic carbocycles. The molecule has 0 aromatic heterocycles. The Kier molecular flexibility index (Phi) is 4.82. The Hall–Kier alpha value is -1.71. The Morgan fingerprint density at radius 3 is 2.18 bits per heavy atom. The summed E-state index contributed by atoms with van der Waals surface area (Å²) in [5, 5.41) is 0. The molecule has 94 valence electrons.